The van der Waals surface area contributed by atoms with E-state index < -0.39 is 5.60 Å². The summed E-state index contributed by atoms with van der Waals surface area (Å²) >= 11 is 1.60. The summed E-state index contributed by atoms with van der Waals surface area (Å²) in [5, 5.41) is 24.1. The molecule has 1 aliphatic heterocycles. The van der Waals surface area contributed by atoms with Crippen molar-refractivity contribution < 1.29 is 9.90 Å². The Hall–Kier alpha value is -2.49. The Bertz CT molecular complexity index is 1170. The summed E-state index contributed by atoms with van der Waals surface area (Å²) in [7, 11) is 0. The zero-order valence-electron chi connectivity index (χ0n) is 20.2. The van der Waals surface area contributed by atoms with Crippen LogP contribution in [0.15, 0.2) is 24.4 Å². The molecular weight excluding hydrogens is 448 g/mol. The first-order chi connectivity index (χ1) is 16.3. The van der Waals surface area contributed by atoms with Crippen LogP contribution < -0.4 is 10.6 Å². The molecule has 2 aromatic heterocycles. The van der Waals surface area contributed by atoms with Gasteiger partial charge in [-0.2, -0.15) is 5.10 Å². The second-order valence-corrected chi connectivity index (χ2v) is 11.0. The Morgan fingerprint density at radius 3 is 2.71 bits per heavy atom. The number of fused-ring (bicyclic) bond motifs is 1. The predicted octanol–water partition coefficient (Wildman–Crippen LogP) is 3.17. The Kier molecular flexibility index (Phi) is 6.35. The second-order valence-electron chi connectivity index (χ2n) is 9.76. The predicted molar refractivity (Wildman–Crippen MR) is 135 cm³/mol. The van der Waals surface area contributed by atoms with Gasteiger partial charge in [0.1, 0.15) is 5.60 Å². The fraction of sp³-hybridized carbons (Fsp3) is 0.560. The largest absolute Gasteiger partial charge is 0.384 e. The zero-order valence-corrected chi connectivity index (χ0v) is 21.0. The molecule has 1 aliphatic carbocycles. The number of hydrogen-bond acceptors (Lipinski definition) is 7. The van der Waals surface area contributed by atoms with Crippen LogP contribution in [0, 0.1) is 13.8 Å². The standard InChI is InChI=1S/C25H34N6O2S/c1-4-31-21-6-5-16(2)11-20(21)24(29-31)27-13-23(32)28-18-14-30(15-18)19-7-9-25(33,10-8-19)22-12-26-17(3)34-22/h5-6,11-12,18-19,33H,4,7-10,13-15H2,1-3H3,(H,27,29)(H,28,32)/t19-,25-. The number of hydrogen-bond donors (Lipinski definition) is 3. The monoisotopic (exact) mass is 482 g/mol. The molecule has 0 bridgehead atoms. The minimum absolute atomic E-state index is 0.00455. The van der Waals surface area contributed by atoms with Crippen molar-refractivity contribution in [2.24, 2.45) is 0 Å². The summed E-state index contributed by atoms with van der Waals surface area (Å²) in [5.74, 6) is 0.756. The number of nitrogens with zero attached hydrogens (tertiary/aromatic N) is 4. The van der Waals surface area contributed by atoms with E-state index in [1.54, 1.807) is 11.3 Å². The molecule has 1 amide bonds. The van der Waals surface area contributed by atoms with E-state index in [1.807, 2.05) is 17.8 Å². The Labute approximate surface area is 204 Å². The Morgan fingerprint density at radius 2 is 2.03 bits per heavy atom. The van der Waals surface area contributed by atoms with Crippen molar-refractivity contribution in [2.75, 3.05) is 25.0 Å². The highest BCUT2D eigenvalue weighted by atomic mass is 32.1. The van der Waals surface area contributed by atoms with Gasteiger partial charge in [0, 0.05) is 37.3 Å². The van der Waals surface area contributed by atoms with Crippen LogP contribution >= 0.6 is 11.3 Å². The number of aliphatic hydroxyl groups is 1. The molecule has 5 rings (SSSR count). The average Bonchev–Trinajstić information content (AvgIpc) is 3.39. The minimum Gasteiger partial charge on any atom is -0.384 e. The minimum atomic E-state index is -0.722. The van der Waals surface area contributed by atoms with E-state index in [4.69, 9.17) is 0 Å². The van der Waals surface area contributed by atoms with E-state index >= 15 is 0 Å². The maximum absolute atomic E-state index is 12.6. The van der Waals surface area contributed by atoms with Gasteiger partial charge < -0.3 is 15.7 Å². The number of aryl methyl sites for hydroxylation is 3. The fourth-order valence-electron chi connectivity index (χ4n) is 5.28. The van der Waals surface area contributed by atoms with Gasteiger partial charge in [-0.15, -0.1) is 11.3 Å². The quantitative estimate of drug-likeness (QED) is 0.479. The van der Waals surface area contributed by atoms with Gasteiger partial charge in [-0.25, -0.2) is 4.98 Å². The molecule has 1 saturated heterocycles. The van der Waals surface area contributed by atoms with E-state index in [0.29, 0.717) is 6.04 Å². The van der Waals surface area contributed by atoms with Crippen LogP contribution in [-0.2, 0) is 16.9 Å². The van der Waals surface area contributed by atoms with E-state index in [9.17, 15) is 9.90 Å². The first-order valence-corrected chi connectivity index (χ1v) is 13.1. The van der Waals surface area contributed by atoms with Gasteiger partial charge in [0.25, 0.3) is 0 Å². The molecule has 182 valence electrons. The molecular formula is C25H34N6O2S. The molecule has 8 nitrogen and oxygen atoms in total. The first-order valence-electron chi connectivity index (χ1n) is 12.2. The molecule has 1 aromatic carbocycles. The number of nitrogens with one attached hydrogen (secondary N) is 2. The van der Waals surface area contributed by atoms with Gasteiger partial charge in [0.05, 0.1) is 28.0 Å². The van der Waals surface area contributed by atoms with Crippen molar-refractivity contribution in [1.29, 1.82) is 0 Å². The molecule has 0 atom stereocenters. The number of carbonyl (C=O) groups excluding carboxylic acids is 1. The lowest BCUT2D eigenvalue weighted by molar-refractivity contribution is -0.121. The topological polar surface area (TPSA) is 95.3 Å². The number of likely N-dealkylation sites (tertiary alicyclic amines) is 1. The molecule has 3 N–H and O–H groups in total. The lowest BCUT2D eigenvalue weighted by atomic mass is 9.80. The number of benzene rings is 1. The van der Waals surface area contributed by atoms with Crippen LogP contribution in [-0.4, -0.2) is 62.4 Å². The zero-order chi connectivity index (χ0) is 23.9. The Balaban J connectivity index is 1.08. The Morgan fingerprint density at radius 1 is 1.26 bits per heavy atom. The summed E-state index contributed by atoms with van der Waals surface area (Å²) in [6, 6.07) is 6.95. The maximum Gasteiger partial charge on any atom is 0.239 e. The third-order valence-electron chi connectivity index (χ3n) is 7.28. The van der Waals surface area contributed by atoms with Crippen LogP contribution in [0.5, 0.6) is 0 Å². The molecule has 0 spiro atoms. The second kappa shape index (κ2) is 9.28. The molecule has 3 heterocycles. The van der Waals surface area contributed by atoms with Crippen molar-refractivity contribution in [3.63, 3.8) is 0 Å². The first kappa shape index (κ1) is 23.3. The summed E-state index contributed by atoms with van der Waals surface area (Å²) in [6.45, 7) is 8.86. The van der Waals surface area contributed by atoms with Gasteiger partial charge in [-0.3, -0.25) is 14.4 Å². The number of amides is 1. The number of aromatic nitrogens is 3. The number of thiazole rings is 1. The van der Waals surface area contributed by atoms with Crippen LogP contribution in [0.25, 0.3) is 10.9 Å². The lowest BCUT2D eigenvalue weighted by Gasteiger charge is -2.48. The molecule has 0 radical (unpaired) electrons. The summed E-state index contributed by atoms with van der Waals surface area (Å²) in [4.78, 5) is 20.3. The van der Waals surface area contributed by atoms with Crippen molar-refractivity contribution in [3.05, 3.63) is 39.8 Å². The van der Waals surface area contributed by atoms with Crippen LogP contribution in [0.1, 0.15) is 48.1 Å². The van der Waals surface area contributed by atoms with Gasteiger partial charge in [0.15, 0.2) is 5.82 Å². The molecule has 1 saturated carbocycles. The maximum atomic E-state index is 12.6. The molecule has 2 fully saturated rings. The van der Waals surface area contributed by atoms with E-state index in [2.05, 4.69) is 57.7 Å². The van der Waals surface area contributed by atoms with Gasteiger partial charge in [-0.1, -0.05) is 11.6 Å². The lowest BCUT2D eigenvalue weighted by Crippen LogP contribution is -2.63. The molecule has 0 unspecified atom stereocenters. The summed E-state index contributed by atoms with van der Waals surface area (Å²) in [6.07, 6.45) is 5.33. The highest BCUT2D eigenvalue weighted by Gasteiger charge is 2.41. The number of carbonyl (C=O) groups is 1. The summed E-state index contributed by atoms with van der Waals surface area (Å²) in [5.41, 5.74) is 1.53. The molecule has 34 heavy (non-hydrogen) atoms. The third kappa shape index (κ3) is 4.56. The van der Waals surface area contributed by atoms with E-state index in [-0.39, 0.29) is 18.5 Å². The number of rotatable bonds is 7. The van der Waals surface area contributed by atoms with Gasteiger partial charge >= 0.3 is 0 Å². The highest BCUT2D eigenvalue weighted by molar-refractivity contribution is 7.11. The van der Waals surface area contributed by atoms with Crippen molar-refractivity contribution in [1.82, 2.24) is 25.0 Å². The smallest absolute Gasteiger partial charge is 0.239 e. The third-order valence-corrected chi connectivity index (χ3v) is 8.38. The van der Waals surface area contributed by atoms with Gasteiger partial charge in [-0.05, 0) is 58.6 Å². The summed E-state index contributed by atoms with van der Waals surface area (Å²) < 4.78 is 1.96. The molecule has 9 heteroatoms. The SMILES string of the molecule is CCn1nc(NCC(=O)NC2CN([C@H]3CC[C@@](O)(c4cnc(C)s4)CC3)C2)c2cc(C)ccc21. The van der Waals surface area contributed by atoms with Gasteiger partial charge in [0.2, 0.25) is 5.91 Å². The number of anilines is 1. The molecule has 3 aromatic rings. The highest BCUT2D eigenvalue weighted by Crippen LogP contribution is 2.41. The van der Waals surface area contributed by atoms with Crippen LogP contribution in [0.4, 0.5) is 5.82 Å². The van der Waals surface area contributed by atoms with E-state index in [1.165, 1.54) is 5.56 Å². The van der Waals surface area contributed by atoms with Crippen molar-refractivity contribution in [2.45, 2.75) is 70.7 Å². The van der Waals surface area contributed by atoms with Crippen molar-refractivity contribution >= 4 is 34.0 Å². The fourth-order valence-corrected chi connectivity index (χ4v) is 6.20. The average molecular weight is 483 g/mol. The molecule has 2 aliphatic rings. The van der Waals surface area contributed by atoms with Crippen molar-refractivity contribution in [3.8, 4) is 0 Å². The van der Waals surface area contributed by atoms with Crippen LogP contribution in [0.2, 0.25) is 0 Å². The normalized spacial score (nSPS) is 23.7. The van der Waals surface area contributed by atoms with Crippen LogP contribution in [0.3, 0.4) is 0 Å². The van der Waals surface area contributed by atoms with E-state index in [0.717, 1.165) is 71.9 Å².